The van der Waals surface area contributed by atoms with Gasteiger partial charge in [-0.1, -0.05) is 0 Å². The van der Waals surface area contributed by atoms with Gasteiger partial charge in [0.05, 0.1) is 31.1 Å². The highest BCUT2D eigenvalue weighted by Gasteiger charge is 2.21. The van der Waals surface area contributed by atoms with Crippen LogP contribution < -0.4 is 15.0 Å². The average molecular weight is 290 g/mol. The fraction of sp³-hybridized carbons (Fsp3) is 0.333. The van der Waals surface area contributed by atoms with Gasteiger partial charge in [-0.05, 0) is 38.1 Å². The van der Waals surface area contributed by atoms with Crippen LogP contribution in [0.2, 0.25) is 0 Å². The highest BCUT2D eigenvalue weighted by molar-refractivity contribution is 5.64. The number of nitrogens with zero attached hydrogens (tertiary/aromatic N) is 1. The van der Waals surface area contributed by atoms with E-state index in [1.807, 2.05) is 0 Å². The van der Waals surface area contributed by atoms with Crippen LogP contribution in [0.15, 0.2) is 29.1 Å². The molecule has 0 aliphatic carbocycles. The number of hydrogen-bond acceptors (Lipinski definition) is 5. The SMILES string of the molecule is COc1ccc(-c2cc(C(C)(C)O)c(=O)[nH]n2)cc1OC. The van der Waals surface area contributed by atoms with Crippen LogP contribution in [-0.4, -0.2) is 29.5 Å². The van der Waals surface area contributed by atoms with E-state index in [1.54, 1.807) is 52.3 Å². The van der Waals surface area contributed by atoms with Crippen LogP contribution in [0.1, 0.15) is 19.4 Å². The average Bonchev–Trinajstić information content (AvgIpc) is 2.45. The van der Waals surface area contributed by atoms with Crippen LogP contribution in [0.25, 0.3) is 11.3 Å². The van der Waals surface area contributed by atoms with Crippen molar-refractivity contribution in [3.05, 3.63) is 40.2 Å². The van der Waals surface area contributed by atoms with Gasteiger partial charge in [-0.3, -0.25) is 4.79 Å². The molecule has 112 valence electrons. The van der Waals surface area contributed by atoms with Crippen molar-refractivity contribution in [1.29, 1.82) is 0 Å². The molecule has 0 amide bonds. The minimum atomic E-state index is -1.25. The Bertz CT molecular complexity index is 702. The molecule has 0 aliphatic heterocycles. The number of aromatic amines is 1. The lowest BCUT2D eigenvalue weighted by Crippen LogP contribution is -2.27. The summed E-state index contributed by atoms with van der Waals surface area (Å²) in [5.74, 6) is 1.17. The molecule has 6 heteroatoms. The predicted molar refractivity (Wildman–Crippen MR) is 78.6 cm³/mol. The molecule has 0 spiro atoms. The quantitative estimate of drug-likeness (QED) is 0.895. The molecule has 0 fully saturated rings. The van der Waals surface area contributed by atoms with Crippen LogP contribution in [0.4, 0.5) is 0 Å². The predicted octanol–water partition coefficient (Wildman–Crippen LogP) is 1.68. The second-order valence-electron chi connectivity index (χ2n) is 5.12. The van der Waals surface area contributed by atoms with E-state index in [4.69, 9.17) is 9.47 Å². The summed E-state index contributed by atoms with van der Waals surface area (Å²) in [7, 11) is 3.10. The fourth-order valence-electron chi connectivity index (χ4n) is 2.00. The van der Waals surface area contributed by atoms with E-state index in [-0.39, 0.29) is 5.56 Å². The number of hydrogen-bond donors (Lipinski definition) is 2. The summed E-state index contributed by atoms with van der Waals surface area (Å²) in [4.78, 5) is 11.8. The molecule has 21 heavy (non-hydrogen) atoms. The number of aliphatic hydroxyl groups is 1. The van der Waals surface area contributed by atoms with E-state index >= 15 is 0 Å². The van der Waals surface area contributed by atoms with Crippen LogP contribution >= 0.6 is 0 Å². The van der Waals surface area contributed by atoms with Gasteiger partial charge in [0.2, 0.25) is 0 Å². The first-order valence-electron chi connectivity index (χ1n) is 6.42. The van der Waals surface area contributed by atoms with Crippen molar-refractivity contribution in [2.45, 2.75) is 19.4 Å². The molecule has 0 saturated carbocycles. The second kappa shape index (κ2) is 5.57. The van der Waals surface area contributed by atoms with Crippen molar-refractivity contribution in [3.8, 4) is 22.8 Å². The normalized spacial score (nSPS) is 11.3. The first-order valence-corrected chi connectivity index (χ1v) is 6.42. The van der Waals surface area contributed by atoms with Crippen LogP contribution in [0, 0.1) is 0 Å². The Kier molecular flexibility index (Phi) is 3.99. The Morgan fingerprint density at radius 2 is 1.81 bits per heavy atom. The summed E-state index contributed by atoms with van der Waals surface area (Å²) in [6, 6.07) is 6.88. The number of aromatic nitrogens is 2. The first-order chi connectivity index (χ1) is 9.86. The van der Waals surface area contributed by atoms with E-state index in [1.165, 1.54) is 0 Å². The Balaban J connectivity index is 2.55. The smallest absolute Gasteiger partial charge is 0.270 e. The number of rotatable bonds is 4. The van der Waals surface area contributed by atoms with Gasteiger partial charge in [0, 0.05) is 5.56 Å². The monoisotopic (exact) mass is 290 g/mol. The van der Waals surface area contributed by atoms with Crippen LogP contribution in [0.5, 0.6) is 11.5 Å². The maximum absolute atomic E-state index is 11.8. The number of benzene rings is 1. The molecule has 0 saturated heterocycles. The zero-order chi connectivity index (χ0) is 15.6. The number of methoxy groups -OCH3 is 2. The molecule has 0 unspecified atom stereocenters. The van der Waals surface area contributed by atoms with Crippen molar-refractivity contribution >= 4 is 0 Å². The lowest BCUT2D eigenvalue weighted by molar-refractivity contribution is 0.0769. The molecule has 6 nitrogen and oxygen atoms in total. The number of nitrogens with one attached hydrogen (secondary N) is 1. The fourth-order valence-corrected chi connectivity index (χ4v) is 2.00. The first kappa shape index (κ1) is 15.1. The molecule has 2 aromatic rings. The Hall–Kier alpha value is -2.34. The largest absolute Gasteiger partial charge is 0.493 e. The number of H-pyrrole nitrogens is 1. The van der Waals surface area contributed by atoms with Gasteiger partial charge in [0.1, 0.15) is 0 Å². The van der Waals surface area contributed by atoms with Gasteiger partial charge in [0.15, 0.2) is 11.5 Å². The van der Waals surface area contributed by atoms with Crippen molar-refractivity contribution in [2.75, 3.05) is 14.2 Å². The van der Waals surface area contributed by atoms with Crippen molar-refractivity contribution in [1.82, 2.24) is 10.2 Å². The second-order valence-corrected chi connectivity index (χ2v) is 5.12. The van der Waals surface area contributed by atoms with Gasteiger partial charge in [-0.15, -0.1) is 0 Å². The molecule has 1 aromatic carbocycles. The molecular weight excluding hydrogens is 272 g/mol. The molecule has 0 radical (unpaired) electrons. The Morgan fingerprint density at radius 3 is 2.38 bits per heavy atom. The zero-order valence-electron chi connectivity index (χ0n) is 12.4. The Labute approximate surface area is 122 Å². The molecule has 1 aromatic heterocycles. The minimum Gasteiger partial charge on any atom is -0.493 e. The summed E-state index contributed by atoms with van der Waals surface area (Å²) >= 11 is 0. The Morgan fingerprint density at radius 1 is 1.14 bits per heavy atom. The third-order valence-electron chi connectivity index (χ3n) is 3.14. The topological polar surface area (TPSA) is 84.4 Å². The summed E-state index contributed by atoms with van der Waals surface area (Å²) in [5, 5.41) is 16.4. The summed E-state index contributed by atoms with van der Waals surface area (Å²) in [5.41, 5.74) is -0.127. The highest BCUT2D eigenvalue weighted by Crippen LogP contribution is 2.31. The van der Waals surface area contributed by atoms with E-state index in [0.717, 1.165) is 5.56 Å². The van der Waals surface area contributed by atoms with E-state index in [9.17, 15) is 9.90 Å². The van der Waals surface area contributed by atoms with Gasteiger partial charge in [-0.2, -0.15) is 5.10 Å². The molecule has 2 N–H and O–H groups in total. The van der Waals surface area contributed by atoms with Gasteiger partial charge >= 0.3 is 0 Å². The summed E-state index contributed by atoms with van der Waals surface area (Å²) < 4.78 is 10.4. The molecule has 1 heterocycles. The van der Waals surface area contributed by atoms with Crippen LogP contribution in [0.3, 0.4) is 0 Å². The molecular formula is C15H18N2O4. The van der Waals surface area contributed by atoms with E-state index in [2.05, 4.69) is 10.2 Å². The third kappa shape index (κ3) is 3.05. The van der Waals surface area contributed by atoms with Gasteiger partial charge < -0.3 is 14.6 Å². The molecule has 0 aliphatic rings. The van der Waals surface area contributed by atoms with Gasteiger partial charge in [0.25, 0.3) is 5.56 Å². The maximum atomic E-state index is 11.8. The molecule has 0 atom stereocenters. The minimum absolute atomic E-state index is 0.252. The summed E-state index contributed by atoms with van der Waals surface area (Å²) in [6.07, 6.45) is 0. The lowest BCUT2D eigenvalue weighted by Gasteiger charge is -2.17. The summed E-state index contributed by atoms with van der Waals surface area (Å²) in [6.45, 7) is 3.10. The lowest BCUT2D eigenvalue weighted by atomic mass is 9.98. The van der Waals surface area contributed by atoms with Crippen LogP contribution in [-0.2, 0) is 5.60 Å². The van der Waals surface area contributed by atoms with Crippen molar-refractivity contribution in [2.24, 2.45) is 0 Å². The maximum Gasteiger partial charge on any atom is 0.270 e. The van der Waals surface area contributed by atoms with Crippen molar-refractivity contribution in [3.63, 3.8) is 0 Å². The van der Waals surface area contributed by atoms with E-state index in [0.29, 0.717) is 17.2 Å². The number of ether oxygens (including phenoxy) is 2. The zero-order valence-corrected chi connectivity index (χ0v) is 12.4. The standard InChI is InChI=1S/C15H18N2O4/c1-15(2,19)10-8-11(16-17-14(10)18)9-5-6-12(20-3)13(7-9)21-4/h5-8,19H,1-4H3,(H,17,18). The third-order valence-corrected chi connectivity index (χ3v) is 3.14. The molecule has 2 rings (SSSR count). The molecule has 0 bridgehead atoms. The van der Waals surface area contributed by atoms with E-state index < -0.39 is 11.2 Å². The van der Waals surface area contributed by atoms with Gasteiger partial charge in [-0.25, -0.2) is 5.10 Å². The highest BCUT2D eigenvalue weighted by atomic mass is 16.5. The van der Waals surface area contributed by atoms with Crippen molar-refractivity contribution < 1.29 is 14.6 Å².